The molecule has 7 heteroatoms. The van der Waals surface area contributed by atoms with Gasteiger partial charge in [0.15, 0.2) is 0 Å². The molecule has 0 saturated heterocycles. The lowest BCUT2D eigenvalue weighted by Crippen LogP contribution is -2.22. The van der Waals surface area contributed by atoms with Gasteiger partial charge in [-0.1, -0.05) is 12.1 Å². The number of carboxylic acids is 1. The minimum absolute atomic E-state index is 0.0880. The fourth-order valence-corrected chi connectivity index (χ4v) is 2.19. The Balaban J connectivity index is 1.83. The number of rotatable bonds is 5. The van der Waals surface area contributed by atoms with Crippen LogP contribution in [0.1, 0.15) is 5.56 Å². The number of fused-ring (bicyclic) bond motifs is 1. The standard InChI is InChI=1S/C15H14N4O3/c20-13(21)8-16-7-10-1-3-12(4-2-10)19-9-11-5-6-17-14(11)18-15(19)22/h1-6,9,16H,7-8H2,(H,20,21)(H,17,18,22). The van der Waals surface area contributed by atoms with Crippen molar-refractivity contribution in [1.82, 2.24) is 19.9 Å². The molecule has 3 aromatic rings. The lowest BCUT2D eigenvalue weighted by atomic mass is 10.2. The van der Waals surface area contributed by atoms with Gasteiger partial charge in [0.25, 0.3) is 0 Å². The molecular weight excluding hydrogens is 284 g/mol. The normalized spacial score (nSPS) is 10.9. The van der Waals surface area contributed by atoms with Crippen molar-refractivity contribution in [2.75, 3.05) is 6.54 Å². The van der Waals surface area contributed by atoms with E-state index in [2.05, 4.69) is 15.3 Å². The first-order chi connectivity index (χ1) is 10.6. The van der Waals surface area contributed by atoms with Gasteiger partial charge >= 0.3 is 11.7 Å². The van der Waals surface area contributed by atoms with Crippen LogP contribution >= 0.6 is 0 Å². The Morgan fingerprint density at radius 3 is 2.77 bits per heavy atom. The molecule has 0 bridgehead atoms. The maximum absolute atomic E-state index is 12.0. The maximum Gasteiger partial charge on any atom is 0.354 e. The van der Waals surface area contributed by atoms with Crippen LogP contribution in [0.3, 0.4) is 0 Å². The van der Waals surface area contributed by atoms with Crippen LogP contribution in [-0.4, -0.2) is 32.2 Å². The molecule has 0 spiro atoms. The fourth-order valence-electron chi connectivity index (χ4n) is 2.19. The second kappa shape index (κ2) is 5.82. The van der Waals surface area contributed by atoms with Gasteiger partial charge in [0, 0.05) is 24.3 Å². The van der Waals surface area contributed by atoms with Crippen molar-refractivity contribution in [3.05, 3.63) is 58.8 Å². The molecule has 0 atom stereocenters. The number of H-pyrrole nitrogens is 1. The molecule has 0 aliphatic carbocycles. The van der Waals surface area contributed by atoms with E-state index in [1.54, 1.807) is 24.5 Å². The number of aliphatic carboxylic acids is 1. The Bertz CT molecular complexity index is 864. The van der Waals surface area contributed by atoms with E-state index in [-0.39, 0.29) is 12.2 Å². The summed E-state index contributed by atoms with van der Waals surface area (Å²) in [6.45, 7) is 0.367. The molecule has 0 fully saturated rings. The van der Waals surface area contributed by atoms with Gasteiger partial charge in [0.05, 0.1) is 12.2 Å². The summed E-state index contributed by atoms with van der Waals surface area (Å²) in [5.74, 6) is -0.894. The molecule has 0 aliphatic heterocycles. The fraction of sp³-hybridized carbons (Fsp3) is 0.133. The highest BCUT2D eigenvalue weighted by atomic mass is 16.4. The van der Waals surface area contributed by atoms with Gasteiger partial charge < -0.3 is 15.4 Å². The number of nitrogens with one attached hydrogen (secondary N) is 2. The quantitative estimate of drug-likeness (QED) is 0.649. The maximum atomic E-state index is 12.0. The zero-order valence-electron chi connectivity index (χ0n) is 11.6. The third-order valence-electron chi connectivity index (χ3n) is 3.26. The number of carboxylic acid groups (broad SMARTS) is 1. The Morgan fingerprint density at radius 1 is 1.27 bits per heavy atom. The molecule has 0 radical (unpaired) electrons. The first-order valence-corrected chi connectivity index (χ1v) is 6.72. The second-order valence-corrected chi connectivity index (χ2v) is 4.84. The third kappa shape index (κ3) is 2.89. The predicted molar refractivity (Wildman–Crippen MR) is 81.0 cm³/mol. The van der Waals surface area contributed by atoms with Gasteiger partial charge in [-0.3, -0.25) is 9.36 Å². The summed E-state index contributed by atoms with van der Waals surface area (Å²) in [6, 6.07) is 9.15. The van der Waals surface area contributed by atoms with Crippen molar-refractivity contribution < 1.29 is 9.90 Å². The molecule has 112 valence electrons. The molecule has 0 unspecified atom stereocenters. The van der Waals surface area contributed by atoms with Crippen LogP contribution in [0.25, 0.3) is 16.7 Å². The summed E-state index contributed by atoms with van der Waals surface area (Å²) in [5, 5.41) is 12.2. The summed E-state index contributed by atoms with van der Waals surface area (Å²) in [4.78, 5) is 29.3. The number of hydrogen-bond donors (Lipinski definition) is 3. The third-order valence-corrected chi connectivity index (χ3v) is 3.26. The van der Waals surface area contributed by atoms with Crippen molar-refractivity contribution in [2.45, 2.75) is 6.54 Å². The van der Waals surface area contributed by atoms with Gasteiger partial charge in [-0.05, 0) is 23.8 Å². The van der Waals surface area contributed by atoms with Gasteiger partial charge in [0.2, 0.25) is 0 Å². The Hall–Kier alpha value is -2.93. The monoisotopic (exact) mass is 298 g/mol. The lowest BCUT2D eigenvalue weighted by molar-refractivity contribution is -0.135. The second-order valence-electron chi connectivity index (χ2n) is 4.84. The van der Waals surface area contributed by atoms with Crippen LogP contribution < -0.4 is 11.0 Å². The summed E-state index contributed by atoms with van der Waals surface area (Å²) in [7, 11) is 0. The molecule has 2 aromatic heterocycles. The first-order valence-electron chi connectivity index (χ1n) is 6.72. The molecule has 2 heterocycles. The highest BCUT2D eigenvalue weighted by molar-refractivity contribution is 5.74. The summed E-state index contributed by atoms with van der Waals surface area (Å²) in [5.41, 5.74) is 1.86. The SMILES string of the molecule is O=C(O)CNCc1ccc(-n2cc3cc[nH]c3nc2=O)cc1. The Labute approximate surface area is 125 Å². The van der Waals surface area contributed by atoms with E-state index in [9.17, 15) is 9.59 Å². The van der Waals surface area contributed by atoms with Crippen LogP contribution in [0.2, 0.25) is 0 Å². The highest BCUT2D eigenvalue weighted by Crippen LogP contribution is 2.11. The van der Waals surface area contributed by atoms with Crippen molar-refractivity contribution in [3.8, 4) is 5.69 Å². The number of benzene rings is 1. The average molecular weight is 298 g/mol. The van der Waals surface area contributed by atoms with Crippen molar-refractivity contribution in [3.63, 3.8) is 0 Å². The molecule has 1 aromatic carbocycles. The average Bonchev–Trinajstić information content (AvgIpc) is 2.94. The van der Waals surface area contributed by atoms with Gasteiger partial charge in [-0.2, -0.15) is 4.98 Å². The zero-order valence-corrected chi connectivity index (χ0v) is 11.6. The molecule has 3 N–H and O–H groups in total. The van der Waals surface area contributed by atoms with Crippen molar-refractivity contribution in [1.29, 1.82) is 0 Å². The Morgan fingerprint density at radius 2 is 2.05 bits per heavy atom. The van der Waals surface area contributed by atoms with Gasteiger partial charge in [0.1, 0.15) is 5.65 Å². The van der Waals surface area contributed by atoms with Crippen LogP contribution in [0.4, 0.5) is 0 Å². The minimum Gasteiger partial charge on any atom is -0.480 e. The van der Waals surface area contributed by atoms with Gasteiger partial charge in [-0.25, -0.2) is 4.79 Å². The Kier molecular flexibility index (Phi) is 3.71. The van der Waals surface area contributed by atoms with E-state index in [0.29, 0.717) is 17.9 Å². The lowest BCUT2D eigenvalue weighted by Gasteiger charge is -2.07. The van der Waals surface area contributed by atoms with E-state index in [4.69, 9.17) is 5.11 Å². The molecule has 0 amide bonds. The predicted octanol–water partition coefficient (Wildman–Crippen LogP) is 0.888. The summed E-state index contributed by atoms with van der Waals surface area (Å²) < 4.78 is 1.48. The van der Waals surface area contributed by atoms with Gasteiger partial charge in [-0.15, -0.1) is 0 Å². The molecule has 7 nitrogen and oxygen atoms in total. The van der Waals surface area contributed by atoms with E-state index in [0.717, 1.165) is 10.9 Å². The van der Waals surface area contributed by atoms with Crippen LogP contribution in [-0.2, 0) is 11.3 Å². The van der Waals surface area contributed by atoms with E-state index in [1.807, 2.05) is 18.2 Å². The highest BCUT2D eigenvalue weighted by Gasteiger charge is 2.05. The van der Waals surface area contributed by atoms with E-state index in [1.165, 1.54) is 4.57 Å². The van der Waals surface area contributed by atoms with Crippen LogP contribution in [0, 0.1) is 0 Å². The van der Waals surface area contributed by atoms with Crippen LogP contribution in [0.5, 0.6) is 0 Å². The smallest absolute Gasteiger partial charge is 0.354 e. The van der Waals surface area contributed by atoms with E-state index >= 15 is 0 Å². The first kappa shape index (κ1) is 14.0. The molecule has 22 heavy (non-hydrogen) atoms. The van der Waals surface area contributed by atoms with Crippen LogP contribution in [0.15, 0.2) is 47.5 Å². The molecule has 3 rings (SSSR count). The number of hydrogen-bond acceptors (Lipinski definition) is 4. The van der Waals surface area contributed by atoms with Crippen molar-refractivity contribution in [2.24, 2.45) is 0 Å². The minimum atomic E-state index is -0.894. The summed E-state index contributed by atoms with van der Waals surface area (Å²) in [6.07, 6.45) is 3.47. The topological polar surface area (TPSA) is 100 Å². The molecule has 0 saturated carbocycles. The van der Waals surface area contributed by atoms with E-state index < -0.39 is 5.97 Å². The molecular formula is C15H14N4O3. The largest absolute Gasteiger partial charge is 0.480 e. The number of aromatic amines is 1. The van der Waals surface area contributed by atoms with Crippen molar-refractivity contribution >= 4 is 17.0 Å². The number of nitrogens with zero attached hydrogens (tertiary/aromatic N) is 2. The number of carbonyl (C=O) groups is 1. The molecule has 0 aliphatic rings. The number of aromatic nitrogens is 3. The summed E-state index contributed by atoms with van der Waals surface area (Å²) >= 11 is 0. The zero-order chi connectivity index (χ0) is 15.5.